The van der Waals surface area contributed by atoms with Crippen molar-refractivity contribution in [3.63, 3.8) is 0 Å². The van der Waals surface area contributed by atoms with E-state index in [2.05, 4.69) is 17.2 Å². The number of hydrogen-bond acceptors (Lipinski definition) is 19. The fourth-order valence-corrected chi connectivity index (χ4v) is 12.1. The number of cyclic esters (lactones) is 1. The number of sulfone groups is 1. The van der Waals surface area contributed by atoms with Crippen LogP contribution in [0.5, 0.6) is 0 Å². The van der Waals surface area contributed by atoms with Crippen molar-refractivity contribution in [3.05, 3.63) is 41.7 Å². The van der Waals surface area contributed by atoms with Crippen molar-refractivity contribution < 1.29 is 76.3 Å². The Morgan fingerprint density at radius 1 is 0.974 bits per heavy atom. The number of aliphatic hydroxyl groups is 5. The molecular formula is C54H92FN5O15S. The molecule has 0 radical (unpaired) electrons. The van der Waals surface area contributed by atoms with Gasteiger partial charge in [0.1, 0.15) is 42.7 Å². The number of halogens is 1. The number of esters is 1. The Bertz CT molecular complexity index is 2240. The molecule has 1 aromatic carbocycles. The molecule has 3 fully saturated rings. The van der Waals surface area contributed by atoms with Gasteiger partial charge in [-0.15, -0.1) is 5.10 Å². The van der Waals surface area contributed by atoms with E-state index >= 15 is 0 Å². The van der Waals surface area contributed by atoms with Crippen LogP contribution in [0.3, 0.4) is 0 Å². The molecule has 0 unspecified atom stereocenters. The molecule has 0 amide bonds. The molecule has 3 saturated heterocycles. The Labute approximate surface area is 450 Å². The lowest BCUT2D eigenvalue weighted by molar-refractivity contribution is -0.318. The number of carbonyl (C=O) groups excluding carboxylic acids is 1. The van der Waals surface area contributed by atoms with Gasteiger partial charge in [0.05, 0.1) is 58.2 Å². The highest BCUT2D eigenvalue weighted by Crippen LogP contribution is 2.40. The van der Waals surface area contributed by atoms with Crippen LogP contribution < -0.4 is 0 Å². The third-order valence-corrected chi connectivity index (χ3v) is 17.8. The molecule has 1 aromatic heterocycles. The number of aromatic nitrogens is 3. The number of likely N-dealkylation sites (N-methyl/N-ethyl adjacent to an activating group) is 2. The Morgan fingerprint density at radius 2 is 1.63 bits per heavy atom. The van der Waals surface area contributed by atoms with Crippen LogP contribution in [0.25, 0.3) is 0 Å². The highest BCUT2D eigenvalue weighted by Gasteiger charge is 2.52. The van der Waals surface area contributed by atoms with Crippen LogP contribution >= 0.6 is 0 Å². The van der Waals surface area contributed by atoms with Gasteiger partial charge in [-0.1, -0.05) is 38.1 Å². The van der Waals surface area contributed by atoms with Crippen molar-refractivity contribution in [2.75, 3.05) is 54.3 Å². The molecule has 0 bridgehead atoms. The van der Waals surface area contributed by atoms with Gasteiger partial charge in [0.25, 0.3) is 0 Å². The maximum atomic E-state index is 14.8. The number of benzene rings is 1. The fraction of sp³-hybridized carbons (Fsp3) is 0.833. The van der Waals surface area contributed by atoms with Crippen LogP contribution in [0.4, 0.5) is 4.39 Å². The quantitative estimate of drug-likeness (QED) is 0.148. The molecule has 5 rings (SSSR count). The third kappa shape index (κ3) is 15.5. The fourth-order valence-electron chi connectivity index (χ4n) is 11.4. The zero-order valence-corrected chi connectivity index (χ0v) is 48.4. The van der Waals surface area contributed by atoms with Gasteiger partial charge >= 0.3 is 5.97 Å². The standard InChI is InChI=1S/C54H92FN5O15S/c1-16-43-53(9,66)26-42(61)35(6)59(12)29-31(2)21-23-52(8,65)49(33(4)46(34(5)50(64)73-43)74-44-27-54(10,70-14)48(63)36(7)72-44)75-51-45(62)40(25-32(3)71-51)58(11)24-22-38-30-60(57-56-38)41(28-55)47(69-13)37-17-19-39(20-18-37)76(15,67)68/h17-20,30-36,40-49,51,61-63,65-66H,16,21-29H2,1-15H3/t31-,32-,33+,34-,35-,36+,40+,41-,42+,43-,44+,45-,46+,47-,48+,49-,51+,52-,53+,54-/m1/s1. The maximum Gasteiger partial charge on any atom is 0.311 e. The molecule has 20 nitrogen and oxygen atoms in total. The lowest BCUT2D eigenvalue weighted by atomic mass is 9.78. The molecule has 0 saturated carbocycles. The first-order valence-corrected chi connectivity index (χ1v) is 28.9. The molecule has 4 heterocycles. The second-order valence-electron chi connectivity index (χ2n) is 23.1. The van der Waals surface area contributed by atoms with Gasteiger partial charge in [-0.3, -0.25) is 4.79 Å². The molecule has 2 aromatic rings. The van der Waals surface area contributed by atoms with E-state index in [0.717, 1.165) is 6.26 Å². The molecule has 76 heavy (non-hydrogen) atoms. The molecule has 22 heteroatoms. The monoisotopic (exact) mass is 1100 g/mol. The van der Waals surface area contributed by atoms with Crippen LogP contribution in [-0.2, 0) is 54.2 Å². The minimum atomic E-state index is -3.44. The summed E-state index contributed by atoms with van der Waals surface area (Å²) in [6.07, 6.45) is -6.26. The van der Waals surface area contributed by atoms with E-state index in [4.69, 9.17) is 33.2 Å². The van der Waals surface area contributed by atoms with Crippen molar-refractivity contribution in [1.82, 2.24) is 24.8 Å². The van der Waals surface area contributed by atoms with Gasteiger partial charge in [0.2, 0.25) is 0 Å². The van der Waals surface area contributed by atoms with Crippen molar-refractivity contribution in [2.24, 2.45) is 17.8 Å². The number of ether oxygens (including phenoxy) is 7. The lowest BCUT2D eigenvalue weighted by Crippen LogP contribution is -2.60. The molecule has 0 aliphatic carbocycles. The first kappa shape index (κ1) is 64.0. The second-order valence-corrected chi connectivity index (χ2v) is 25.1. The first-order chi connectivity index (χ1) is 35.4. The van der Waals surface area contributed by atoms with Crippen molar-refractivity contribution in [1.29, 1.82) is 0 Å². The average Bonchev–Trinajstić information content (AvgIpc) is 3.83. The first-order valence-electron chi connectivity index (χ1n) is 27.0. The number of rotatable bonds is 16. The predicted octanol–water partition coefficient (Wildman–Crippen LogP) is 4.19. The number of nitrogens with zero attached hydrogens (tertiary/aromatic N) is 5. The van der Waals surface area contributed by atoms with E-state index in [1.165, 1.54) is 31.0 Å². The van der Waals surface area contributed by atoms with Gasteiger partial charge in [-0.25, -0.2) is 17.5 Å². The summed E-state index contributed by atoms with van der Waals surface area (Å²) in [4.78, 5) is 18.7. The predicted molar refractivity (Wildman–Crippen MR) is 280 cm³/mol. The van der Waals surface area contributed by atoms with E-state index in [-0.39, 0.29) is 42.5 Å². The van der Waals surface area contributed by atoms with Gasteiger partial charge in [-0.2, -0.15) is 0 Å². The van der Waals surface area contributed by atoms with Crippen LogP contribution in [0, 0.1) is 17.8 Å². The molecule has 20 atom stereocenters. The van der Waals surface area contributed by atoms with Gasteiger partial charge in [-0.05, 0) is 112 Å². The van der Waals surface area contributed by atoms with Gasteiger partial charge in [0.15, 0.2) is 22.4 Å². The maximum absolute atomic E-state index is 14.8. The summed E-state index contributed by atoms with van der Waals surface area (Å²) in [5, 5.41) is 68.2. The Morgan fingerprint density at radius 3 is 2.22 bits per heavy atom. The smallest absolute Gasteiger partial charge is 0.311 e. The molecule has 436 valence electrons. The zero-order valence-electron chi connectivity index (χ0n) is 47.6. The summed E-state index contributed by atoms with van der Waals surface area (Å²) >= 11 is 0. The van der Waals surface area contributed by atoms with Crippen LogP contribution in [0.2, 0.25) is 0 Å². The van der Waals surface area contributed by atoms with E-state index < -0.39 is 131 Å². The van der Waals surface area contributed by atoms with Crippen LogP contribution in [-0.4, -0.2) is 209 Å². The summed E-state index contributed by atoms with van der Waals surface area (Å²) < 4.78 is 84.4. The normalized spacial score (nSPS) is 39.1. The molecule has 3 aliphatic heterocycles. The molecule has 5 N–H and O–H groups in total. The van der Waals surface area contributed by atoms with Crippen molar-refractivity contribution in [3.8, 4) is 0 Å². The Kier molecular flexibility index (Phi) is 22.4. The van der Waals surface area contributed by atoms with E-state index in [1.807, 2.05) is 37.7 Å². The Balaban J connectivity index is 1.45. The summed E-state index contributed by atoms with van der Waals surface area (Å²) in [6.45, 7) is 17.8. The SMILES string of the molecule is CC[C@H]1OC(=O)[C@H](C)[C@@H](O[C@H]2C[C@@](C)(OC)[C@@H](O)[C@H](C)O2)[C@H](C)[C@@H](O[C@@H]2O[C@H](C)C[C@H](N(C)CCc3cn([C@H](CF)[C@H](OC)c4ccc(S(C)(=O)=O)cc4)nn3)[C@H]2O)[C@](C)(O)CC[C@@H](C)CN(C)[C@H](C)[C@@H](O)C[C@]1(C)O. The minimum Gasteiger partial charge on any atom is -0.459 e. The zero-order chi connectivity index (χ0) is 56.8. The van der Waals surface area contributed by atoms with Gasteiger partial charge in [0, 0.05) is 77.0 Å². The van der Waals surface area contributed by atoms with Crippen molar-refractivity contribution >= 4 is 15.8 Å². The topological polar surface area (TPSA) is 254 Å². The summed E-state index contributed by atoms with van der Waals surface area (Å²) in [7, 11) is 3.25. The highest BCUT2D eigenvalue weighted by atomic mass is 32.2. The number of alkyl halides is 1. The van der Waals surface area contributed by atoms with Gasteiger partial charge < -0.3 is 68.5 Å². The van der Waals surface area contributed by atoms with E-state index in [1.54, 1.807) is 66.8 Å². The van der Waals surface area contributed by atoms with E-state index in [9.17, 15) is 43.1 Å². The second kappa shape index (κ2) is 26.6. The molecule has 3 aliphatic rings. The van der Waals surface area contributed by atoms with Crippen molar-refractivity contribution in [2.45, 2.75) is 222 Å². The molecular weight excluding hydrogens is 1010 g/mol. The average molecular weight is 1100 g/mol. The molecule has 0 spiro atoms. The third-order valence-electron chi connectivity index (χ3n) is 16.7. The van der Waals surface area contributed by atoms with E-state index in [0.29, 0.717) is 43.6 Å². The number of carbonyl (C=O) groups is 1. The minimum absolute atomic E-state index is 0.00867. The number of hydrogen-bond donors (Lipinski definition) is 5. The Hall–Kier alpha value is -2.81. The largest absolute Gasteiger partial charge is 0.459 e. The number of methoxy groups -OCH3 is 2. The van der Waals surface area contributed by atoms with Crippen LogP contribution in [0.1, 0.15) is 131 Å². The lowest BCUT2D eigenvalue weighted by Gasteiger charge is -2.48. The highest BCUT2D eigenvalue weighted by molar-refractivity contribution is 7.90. The number of aliphatic hydroxyl groups excluding tert-OH is 3. The van der Waals surface area contributed by atoms with Crippen LogP contribution in [0.15, 0.2) is 35.4 Å². The summed E-state index contributed by atoms with van der Waals surface area (Å²) in [6, 6.07) is 4.28. The summed E-state index contributed by atoms with van der Waals surface area (Å²) in [5.74, 6) is -2.62. The summed E-state index contributed by atoms with van der Waals surface area (Å²) in [5.41, 5.74) is -3.23.